The topological polar surface area (TPSA) is 88.5 Å². The minimum Gasteiger partial charge on any atom is -0.352 e. The van der Waals surface area contributed by atoms with E-state index in [1.165, 1.54) is 0 Å². The molecule has 0 fully saturated rings. The zero-order valence-corrected chi connectivity index (χ0v) is 17.2. The monoisotopic (exact) mass is 426 g/mol. The van der Waals surface area contributed by atoms with Gasteiger partial charge in [-0.15, -0.1) is 5.10 Å². The lowest BCUT2D eigenvalue weighted by atomic mass is 10.2. The van der Waals surface area contributed by atoms with Gasteiger partial charge >= 0.3 is 0 Å². The number of hydrogen-bond donors (Lipinski definition) is 2. The molecule has 2 N–H and O–H groups in total. The fourth-order valence-electron chi connectivity index (χ4n) is 2.66. The maximum atomic E-state index is 12.4. The summed E-state index contributed by atoms with van der Waals surface area (Å²) in [5.74, 6) is 1.49. The molecule has 0 bridgehead atoms. The molecule has 2 heterocycles. The second-order valence-electron chi connectivity index (χ2n) is 6.05. The van der Waals surface area contributed by atoms with Gasteiger partial charge in [-0.2, -0.15) is 16.7 Å². The highest BCUT2D eigenvalue weighted by Gasteiger charge is 2.12. The number of benzene rings is 1. The highest BCUT2D eigenvalue weighted by atomic mass is 35.5. The molecule has 0 saturated carbocycles. The Hall–Kier alpha value is -1.77. The van der Waals surface area contributed by atoms with Crippen molar-refractivity contribution >= 4 is 52.1 Å². The number of halogens is 2. The number of aromatic nitrogens is 5. The molecule has 10 heteroatoms. The molecule has 3 aromatic rings. The maximum Gasteiger partial charge on any atom is 0.280 e. The first-order chi connectivity index (χ1) is 13.1. The molecule has 7 nitrogen and oxygen atoms in total. The van der Waals surface area contributed by atoms with Gasteiger partial charge in [-0.25, -0.2) is 4.68 Å². The quantitative estimate of drug-likeness (QED) is 0.503. The number of rotatable bonds is 9. The van der Waals surface area contributed by atoms with Crippen LogP contribution < -0.4 is 10.9 Å². The average Bonchev–Trinajstić information content (AvgIpc) is 3.06. The van der Waals surface area contributed by atoms with E-state index in [-0.39, 0.29) is 5.56 Å². The van der Waals surface area contributed by atoms with Crippen LogP contribution >= 0.6 is 35.0 Å². The van der Waals surface area contributed by atoms with E-state index in [0.29, 0.717) is 40.2 Å². The summed E-state index contributed by atoms with van der Waals surface area (Å²) in [5.41, 5.74) is 1.39. The van der Waals surface area contributed by atoms with Gasteiger partial charge in [0.2, 0.25) is 11.6 Å². The van der Waals surface area contributed by atoms with Crippen molar-refractivity contribution in [1.82, 2.24) is 25.0 Å². The molecule has 0 aliphatic carbocycles. The number of hydrogen-bond acceptors (Lipinski definition) is 6. The van der Waals surface area contributed by atoms with Crippen molar-refractivity contribution in [2.75, 3.05) is 17.3 Å². The highest BCUT2D eigenvalue weighted by Crippen LogP contribution is 2.22. The SMILES string of the molecule is CSCCCCCn1nnc2nc(NCc3ccc(Cl)c(Cl)c3)[nH]c(=O)c21. The lowest BCUT2D eigenvalue weighted by Crippen LogP contribution is -2.16. The van der Waals surface area contributed by atoms with Gasteiger partial charge in [-0.05, 0) is 42.5 Å². The van der Waals surface area contributed by atoms with Crippen molar-refractivity contribution in [1.29, 1.82) is 0 Å². The number of aryl methyl sites for hydroxylation is 1. The smallest absolute Gasteiger partial charge is 0.280 e. The zero-order chi connectivity index (χ0) is 19.2. The van der Waals surface area contributed by atoms with Gasteiger partial charge in [0, 0.05) is 13.1 Å². The van der Waals surface area contributed by atoms with Gasteiger partial charge in [-0.3, -0.25) is 9.78 Å². The lowest BCUT2D eigenvalue weighted by molar-refractivity contribution is 0.550. The fraction of sp³-hybridized carbons (Fsp3) is 0.412. The number of nitrogens with zero attached hydrogens (tertiary/aromatic N) is 4. The molecule has 0 amide bonds. The van der Waals surface area contributed by atoms with Crippen molar-refractivity contribution in [2.45, 2.75) is 32.4 Å². The molecular formula is C17H20Cl2N6OS. The van der Waals surface area contributed by atoms with Gasteiger partial charge in [0.15, 0.2) is 5.52 Å². The van der Waals surface area contributed by atoms with Gasteiger partial charge in [0.1, 0.15) is 0 Å². The van der Waals surface area contributed by atoms with Crippen LogP contribution in [-0.2, 0) is 13.1 Å². The summed E-state index contributed by atoms with van der Waals surface area (Å²) in [6, 6.07) is 5.34. The molecule has 3 rings (SSSR count). The molecular weight excluding hydrogens is 407 g/mol. The van der Waals surface area contributed by atoms with Crippen molar-refractivity contribution < 1.29 is 0 Å². The van der Waals surface area contributed by atoms with E-state index in [1.807, 2.05) is 17.8 Å². The number of aromatic amines is 1. The molecule has 1 aromatic carbocycles. The van der Waals surface area contributed by atoms with E-state index < -0.39 is 0 Å². The van der Waals surface area contributed by atoms with E-state index in [0.717, 1.165) is 30.6 Å². The average molecular weight is 427 g/mol. The number of fused-ring (bicyclic) bond motifs is 1. The Labute approximate surface area is 170 Å². The van der Waals surface area contributed by atoms with Crippen LogP contribution in [0.4, 0.5) is 5.95 Å². The third kappa shape index (κ3) is 5.15. The second kappa shape index (κ2) is 9.43. The van der Waals surface area contributed by atoms with Gasteiger partial charge in [0.05, 0.1) is 10.0 Å². The Morgan fingerprint density at radius 1 is 1.22 bits per heavy atom. The predicted molar refractivity (Wildman–Crippen MR) is 112 cm³/mol. The predicted octanol–water partition coefficient (Wildman–Crippen LogP) is 3.97. The van der Waals surface area contributed by atoms with E-state index in [4.69, 9.17) is 23.2 Å². The van der Waals surface area contributed by atoms with Crippen molar-refractivity contribution in [3.63, 3.8) is 0 Å². The molecule has 0 spiro atoms. The largest absolute Gasteiger partial charge is 0.352 e. The van der Waals surface area contributed by atoms with Crippen LogP contribution in [0, 0.1) is 0 Å². The number of thioether (sulfide) groups is 1. The van der Waals surface area contributed by atoms with Gasteiger partial charge in [0.25, 0.3) is 5.56 Å². The molecule has 0 aliphatic heterocycles. The third-order valence-corrected chi connectivity index (χ3v) is 5.48. The van der Waals surface area contributed by atoms with E-state index in [2.05, 4.69) is 31.9 Å². The summed E-state index contributed by atoms with van der Waals surface area (Å²) in [5, 5.41) is 12.2. The number of anilines is 1. The summed E-state index contributed by atoms with van der Waals surface area (Å²) in [6.07, 6.45) is 5.31. The minimum absolute atomic E-state index is 0.259. The summed E-state index contributed by atoms with van der Waals surface area (Å²) in [4.78, 5) is 19.5. The van der Waals surface area contributed by atoms with Crippen molar-refractivity contribution in [2.24, 2.45) is 0 Å². The summed E-state index contributed by atoms with van der Waals surface area (Å²) in [7, 11) is 0. The normalized spacial score (nSPS) is 11.2. The Kier molecular flexibility index (Phi) is 6.98. The van der Waals surface area contributed by atoms with Gasteiger partial charge < -0.3 is 5.32 Å². The molecule has 144 valence electrons. The Bertz CT molecular complexity index is 974. The first-order valence-electron chi connectivity index (χ1n) is 8.58. The molecule has 27 heavy (non-hydrogen) atoms. The van der Waals surface area contributed by atoms with Crippen LogP contribution in [0.25, 0.3) is 11.2 Å². The molecule has 0 saturated heterocycles. The lowest BCUT2D eigenvalue weighted by Gasteiger charge is -2.07. The molecule has 0 radical (unpaired) electrons. The zero-order valence-electron chi connectivity index (χ0n) is 14.8. The maximum absolute atomic E-state index is 12.4. The molecule has 0 aliphatic rings. The van der Waals surface area contributed by atoms with E-state index in [9.17, 15) is 4.79 Å². The first-order valence-corrected chi connectivity index (χ1v) is 10.7. The summed E-state index contributed by atoms with van der Waals surface area (Å²) in [6.45, 7) is 1.10. The number of nitrogens with one attached hydrogen (secondary N) is 2. The third-order valence-electron chi connectivity index (χ3n) is 4.04. The van der Waals surface area contributed by atoms with Crippen LogP contribution in [0.3, 0.4) is 0 Å². The van der Waals surface area contributed by atoms with E-state index in [1.54, 1.807) is 16.8 Å². The standard InChI is InChI=1S/C17H20Cl2N6OS/c1-27-8-4-2-3-7-25-14-15(23-24-25)21-17(22-16(14)26)20-10-11-5-6-12(18)13(19)9-11/h5-6,9H,2-4,7-8,10H2,1H3,(H2,20,21,22,26). The fourth-order valence-corrected chi connectivity index (χ4v) is 3.47. The summed E-state index contributed by atoms with van der Waals surface area (Å²) < 4.78 is 1.63. The van der Waals surface area contributed by atoms with Crippen LogP contribution in [-0.4, -0.2) is 37.0 Å². The Morgan fingerprint density at radius 3 is 2.85 bits per heavy atom. The molecule has 0 atom stereocenters. The van der Waals surface area contributed by atoms with Crippen molar-refractivity contribution in [3.8, 4) is 0 Å². The van der Waals surface area contributed by atoms with Crippen LogP contribution in [0.5, 0.6) is 0 Å². The van der Waals surface area contributed by atoms with Crippen molar-refractivity contribution in [3.05, 3.63) is 44.2 Å². The molecule has 0 unspecified atom stereocenters. The van der Waals surface area contributed by atoms with E-state index >= 15 is 0 Å². The molecule has 2 aromatic heterocycles. The first kappa shape index (κ1) is 20.0. The number of unbranched alkanes of at least 4 members (excludes halogenated alkanes) is 2. The van der Waals surface area contributed by atoms with Crippen LogP contribution in [0.15, 0.2) is 23.0 Å². The summed E-state index contributed by atoms with van der Waals surface area (Å²) >= 11 is 13.8. The second-order valence-corrected chi connectivity index (χ2v) is 7.85. The highest BCUT2D eigenvalue weighted by molar-refractivity contribution is 7.98. The van der Waals surface area contributed by atoms with Crippen LogP contribution in [0.2, 0.25) is 10.0 Å². The number of H-pyrrole nitrogens is 1. The van der Waals surface area contributed by atoms with Gasteiger partial charge in [-0.1, -0.05) is 40.9 Å². The van der Waals surface area contributed by atoms with Crippen LogP contribution in [0.1, 0.15) is 24.8 Å². The minimum atomic E-state index is -0.259. The Morgan fingerprint density at radius 2 is 2.07 bits per heavy atom. The Balaban J connectivity index is 1.68.